The molecule has 3 rings (SSSR count). The summed E-state index contributed by atoms with van der Waals surface area (Å²) in [5, 5.41) is 2.68. The van der Waals surface area contributed by atoms with E-state index in [9.17, 15) is 9.18 Å². The lowest BCUT2D eigenvalue weighted by Gasteiger charge is -2.06. The molecule has 0 N–H and O–H groups in total. The highest BCUT2D eigenvalue weighted by Crippen LogP contribution is 2.26. The minimum absolute atomic E-state index is 0.0175. The van der Waals surface area contributed by atoms with Crippen molar-refractivity contribution in [2.24, 2.45) is 0 Å². The van der Waals surface area contributed by atoms with Gasteiger partial charge in [0.25, 0.3) is 0 Å². The highest BCUT2D eigenvalue weighted by Gasteiger charge is 2.11. The van der Waals surface area contributed by atoms with E-state index in [1.807, 2.05) is 29.6 Å². The predicted molar refractivity (Wildman–Crippen MR) is 101 cm³/mol. The van der Waals surface area contributed by atoms with Crippen LogP contribution in [-0.4, -0.2) is 25.2 Å². The molecular weight excluding hydrogens is 369 g/mol. The predicted octanol–water partition coefficient (Wildman–Crippen LogP) is 4.25. The summed E-state index contributed by atoms with van der Waals surface area (Å²) in [4.78, 5) is 16.5. The molecule has 5 nitrogen and oxygen atoms in total. The average Bonchev–Trinajstić information content (AvgIpc) is 3.16. The molecule has 3 aromatic rings. The van der Waals surface area contributed by atoms with E-state index in [1.54, 1.807) is 13.2 Å². The summed E-state index contributed by atoms with van der Waals surface area (Å²) in [5.74, 6) is -0.0370. The van der Waals surface area contributed by atoms with Gasteiger partial charge in [0.15, 0.2) is 11.6 Å². The van der Waals surface area contributed by atoms with E-state index in [4.69, 9.17) is 14.2 Å². The van der Waals surface area contributed by atoms with Crippen LogP contribution < -0.4 is 9.47 Å². The Labute approximate surface area is 160 Å². The molecule has 0 aliphatic heterocycles. The zero-order valence-electron chi connectivity index (χ0n) is 14.9. The van der Waals surface area contributed by atoms with Gasteiger partial charge in [-0.15, -0.1) is 11.3 Å². The Morgan fingerprint density at radius 3 is 2.56 bits per heavy atom. The number of methoxy groups -OCH3 is 2. The van der Waals surface area contributed by atoms with E-state index in [-0.39, 0.29) is 18.8 Å². The van der Waals surface area contributed by atoms with Crippen molar-refractivity contribution in [1.82, 2.24) is 4.98 Å². The van der Waals surface area contributed by atoms with E-state index >= 15 is 0 Å². The van der Waals surface area contributed by atoms with Crippen LogP contribution in [0.25, 0.3) is 10.6 Å². The number of rotatable bonds is 7. The number of carbonyl (C=O) groups is 1. The monoisotopic (exact) mass is 387 g/mol. The molecule has 0 fully saturated rings. The van der Waals surface area contributed by atoms with Gasteiger partial charge >= 0.3 is 5.97 Å². The number of hydrogen-bond donors (Lipinski definition) is 0. The Kier molecular flexibility index (Phi) is 6.03. The summed E-state index contributed by atoms with van der Waals surface area (Å²) in [6.07, 6.45) is -0.0175. The van der Waals surface area contributed by atoms with Gasteiger partial charge in [-0.2, -0.15) is 0 Å². The van der Waals surface area contributed by atoms with Crippen molar-refractivity contribution in [3.05, 3.63) is 64.9 Å². The van der Waals surface area contributed by atoms with Crippen molar-refractivity contribution in [1.29, 1.82) is 0 Å². The minimum Gasteiger partial charge on any atom is -0.497 e. The summed E-state index contributed by atoms with van der Waals surface area (Å²) >= 11 is 1.47. The SMILES string of the molecule is COc1ccc(-c2nc(COC(=O)Cc3ccc(OC)c(F)c3)cs2)cc1. The molecule has 0 saturated carbocycles. The van der Waals surface area contributed by atoms with E-state index in [0.717, 1.165) is 16.3 Å². The number of ether oxygens (including phenoxy) is 3. The number of carbonyl (C=O) groups excluding carboxylic acids is 1. The third-order valence-corrected chi connectivity index (χ3v) is 4.77. The number of nitrogens with zero attached hydrogens (tertiary/aromatic N) is 1. The van der Waals surface area contributed by atoms with Gasteiger partial charge in [0.05, 0.1) is 26.3 Å². The van der Waals surface area contributed by atoms with Gasteiger partial charge in [0.1, 0.15) is 17.4 Å². The Morgan fingerprint density at radius 1 is 1.11 bits per heavy atom. The fourth-order valence-corrected chi connectivity index (χ4v) is 3.24. The molecular formula is C20H18FNO4S. The molecule has 7 heteroatoms. The summed E-state index contributed by atoms with van der Waals surface area (Å²) in [6, 6.07) is 12.0. The molecule has 140 valence electrons. The van der Waals surface area contributed by atoms with Crippen LogP contribution in [0.15, 0.2) is 47.8 Å². The van der Waals surface area contributed by atoms with Crippen LogP contribution in [0.5, 0.6) is 11.5 Å². The summed E-state index contributed by atoms with van der Waals surface area (Å²) in [6.45, 7) is 0.0735. The van der Waals surface area contributed by atoms with Crippen LogP contribution in [0.4, 0.5) is 4.39 Å². The molecule has 27 heavy (non-hydrogen) atoms. The first-order valence-electron chi connectivity index (χ1n) is 8.16. The van der Waals surface area contributed by atoms with Crippen LogP contribution in [0.2, 0.25) is 0 Å². The Morgan fingerprint density at radius 2 is 1.89 bits per heavy atom. The maximum atomic E-state index is 13.7. The second-order valence-electron chi connectivity index (χ2n) is 5.68. The highest BCUT2D eigenvalue weighted by molar-refractivity contribution is 7.13. The molecule has 0 bridgehead atoms. The van der Waals surface area contributed by atoms with Crippen molar-refractivity contribution >= 4 is 17.3 Å². The van der Waals surface area contributed by atoms with Gasteiger partial charge < -0.3 is 14.2 Å². The summed E-state index contributed by atoms with van der Waals surface area (Å²) in [7, 11) is 3.01. The van der Waals surface area contributed by atoms with Gasteiger partial charge in [-0.3, -0.25) is 4.79 Å². The summed E-state index contributed by atoms with van der Waals surface area (Å²) in [5.41, 5.74) is 2.16. The quantitative estimate of drug-likeness (QED) is 0.567. The lowest BCUT2D eigenvalue weighted by atomic mass is 10.1. The third kappa shape index (κ3) is 4.83. The number of benzene rings is 2. The molecule has 0 unspecified atom stereocenters. The first kappa shape index (κ1) is 18.8. The maximum Gasteiger partial charge on any atom is 0.310 e. The number of halogens is 1. The van der Waals surface area contributed by atoms with Gasteiger partial charge in [0.2, 0.25) is 0 Å². The van der Waals surface area contributed by atoms with Crippen LogP contribution in [0.1, 0.15) is 11.3 Å². The van der Waals surface area contributed by atoms with E-state index in [2.05, 4.69) is 4.98 Å². The van der Waals surface area contributed by atoms with Crippen LogP contribution in [0.3, 0.4) is 0 Å². The topological polar surface area (TPSA) is 57.7 Å². The minimum atomic E-state index is -0.508. The van der Waals surface area contributed by atoms with Gasteiger partial charge in [-0.05, 0) is 42.0 Å². The fraction of sp³-hybridized carbons (Fsp3) is 0.200. The number of hydrogen-bond acceptors (Lipinski definition) is 6. The summed E-state index contributed by atoms with van der Waals surface area (Å²) < 4.78 is 28.9. The maximum absolute atomic E-state index is 13.7. The van der Waals surface area contributed by atoms with Crippen LogP contribution in [0, 0.1) is 5.82 Å². The Bertz CT molecular complexity index is 924. The lowest BCUT2D eigenvalue weighted by Crippen LogP contribution is -2.08. The third-order valence-electron chi connectivity index (χ3n) is 3.83. The van der Waals surface area contributed by atoms with E-state index < -0.39 is 11.8 Å². The van der Waals surface area contributed by atoms with Gasteiger partial charge in [-0.25, -0.2) is 9.37 Å². The van der Waals surface area contributed by atoms with Crippen molar-refractivity contribution in [2.75, 3.05) is 14.2 Å². The second kappa shape index (κ2) is 8.64. The molecule has 0 amide bonds. The molecule has 0 spiro atoms. The molecule has 1 heterocycles. The number of thiazole rings is 1. The van der Waals surface area contributed by atoms with Crippen molar-refractivity contribution in [3.8, 4) is 22.1 Å². The molecule has 0 radical (unpaired) electrons. The molecule has 0 atom stereocenters. The first-order valence-corrected chi connectivity index (χ1v) is 9.04. The fourth-order valence-electron chi connectivity index (χ4n) is 2.43. The van der Waals surface area contributed by atoms with Crippen molar-refractivity contribution < 1.29 is 23.4 Å². The zero-order valence-corrected chi connectivity index (χ0v) is 15.7. The largest absolute Gasteiger partial charge is 0.497 e. The van der Waals surface area contributed by atoms with Gasteiger partial charge in [-0.1, -0.05) is 6.07 Å². The average molecular weight is 387 g/mol. The smallest absolute Gasteiger partial charge is 0.310 e. The molecule has 0 aliphatic rings. The van der Waals surface area contributed by atoms with Crippen molar-refractivity contribution in [2.45, 2.75) is 13.0 Å². The molecule has 0 saturated heterocycles. The van der Waals surface area contributed by atoms with E-state index in [1.165, 1.54) is 30.6 Å². The Hall–Kier alpha value is -2.93. The van der Waals surface area contributed by atoms with Gasteiger partial charge in [0, 0.05) is 10.9 Å². The zero-order chi connectivity index (χ0) is 19.2. The molecule has 0 aliphatic carbocycles. The number of aromatic nitrogens is 1. The lowest BCUT2D eigenvalue weighted by molar-refractivity contribution is -0.144. The molecule has 1 aromatic heterocycles. The van der Waals surface area contributed by atoms with Crippen LogP contribution in [-0.2, 0) is 22.6 Å². The standard InChI is InChI=1S/C20H18FNO4S/c1-24-16-6-4-14(5-7-16)20-22-15(12-27-20)11-26-19(23)10-13-3-8-18(25-2)17(21)9-13/h3-9,12H,10-11H2,1-2H3. The number of esters is 1. The second-order valence-corrected chi connectivity index (χ2v) is 6.54. The van der Waals surface area contributed by atoms with Crippen molar-refractivity contribution in [3.63, 3.8) is 0 Å². The Balaban J connectivity index is 1.56. The normalized spacial score (nSPS) is 10.5. The highest BCUT2D eigenvalue weighted by atomic mass is 32.1. The molecule has 2 aromatic carbocycles. The first-order chi connectivity index (χ1) is 13.1. The van der Waals surface area contributed by atoms with E-state index in [0.29, 0.717) is 11.3 Å². The van der Waals surface area contributed by atoms with Crippen LogP contribution >= 0.6 is 11.3 Å².